The third-order valence-electron chi connectivity index (χ3n) is 17.1. The van der Waals surface area contributed by atoms with E-state index in [2.05, 4.69) is 5.32 Å². The van der Waals surface area contributed by atoms with Crippen molar-refractivity contribution in [2.45, 2.75) is 226 Å². The summed E-state index contributed by atoms with van der Waals surface area (Å²) in [6.45, 7) is 24.5. The highest BCUT2D eigenvalue weighted by molar-refractivity contribution is 5.94. The Morgan fingerprint density at radius 2 is 1.56 bits per heavy atom. The summed E-state index contributed by atoms with van der Waals surface area (Å²) < 4.78 is 58.7. The zero-order valence-electron chi connectivity index (χ0n) is 50.8. The molecule has 18 atom stereocenters. The van der Waals surface area contributed by atoms with Crippen molar-refractivity contribution < 1.29 is 77.1 Å². The number of hydrogen-bond acceptors (Lipinski definition) is 19. The molecule has 20 heteroatoms. The number of rotatable bonds is 20. The third kappa shape index (κ3) is 15.6. The summed E-state index contributed by atoms with van der Waals surface area (Å²) in [4.78, 5) is 70.7. The number of nitrogens with one attached hydrogen (secondary N) is 1. The third-order valence-corrected chi connectivity index (χ3v) is 17.1. The number of hydrogen-bond donors (Lipinski definition) is 4. The molecule has 4 N–H and O–H groups in total. The number of pyridine rings is 1. The molecule has 5 rings (SSSR count). The summed E-state index contributed by atoms with van der Waals surface area (Å²) in [7, 11) is 6.74. The summed E-state index contributed by atoms with van der Waals surface area (Å²) in [6.07, 6.45) is -6.58. The summed E-state index contributed by atoms with van der Waals surface area (Å²) >= 11 is 0. The number of ether oxygens (including phenoxy) is 9. The monoisotopic (exact) mass is 1130 g/mol. The maximum absolute atomic E-state index is 14.6. The number of fused-ring (bicyclic) bond motifs is 1. The molecule has 0 unspecified atom stereocenters. The van der Waals surface area contributed by atoms with Gasteiger partial charge >= 0.3 is 17.9 Å². The molecule has 0 spiro atoms. The van der Waals surface area contributed by atoms with Gasteiger partial charge in [-0.2, -0.15) is 0 Å². The normalized spacial score (nSPS) is 36.0. The Labute approximate surface area is 474 Å². The molecule has 3 aliphatic rings. The van der Waals surface area contributed by atoms with E-state index >= 15 is 0 Å². The maximum Gasteiger partial charge on any atom is 0.343 e. The minimum Gasteiger partial charge on any atom is -0.462 e. The molecule has 3 aliphatic heterocycles. The number of methoxy groups -OCH3 is 2. The van der Waals surface area contributed by atoms with Gasteiger partial charge < -0.3 is 72.7 Å². The molecule has 1 aromatic carbocycles. The highest BCUT2D eigenvalue weighted by Crippen LogP contribution is 2.42. The average molecular weight is 1130 g/mol. The van der Waals surface area contributed by atoms with Crippen LogP contribution < -0.4 is 10.7 Å². The first-order valence-electron chi connectivity index (χ1n) is 28.9. The number of cyclic esters (lactones) is 1. The quantitative estimate of drug-likeness (QED) is 0.0700. The Balaban J connectivity index is 1.33. The molecule has 0 amide bonds. The molecule has 20 nitrogen and oxygen atoms in total. The van der Waals surface area contributed by atoms with Crippen LogP contribution in [0.3, 0.4) is 0 Å². The van der Waals surface area contributed by atoms with Gasteiger partial charge in [0.1, 0.15) is 34.8 Å². The SMILES string of the molecule is CC[C@@H]1OC(=O)[C@H](C)[C@@H](O[C@H]2C[C@](C)(OC)[C@H](OC(=O)CCNCCCc3ccc4c(c3)c(=O)c(C(=O)OCC(C)C)cn4CC)[C@H](C)O2)[C@@H](C)[C@@H](O[C@@H]2O[C@H](C)C[C@H](N(C)C)[C@@H]2O)[C@](C)(OC)C[C@H](C)C(=O)[C@H](C)[C@@H](O)[C@]1(C)O. The molecule has 0 radical (unpaired) electrons. The average Bonchev–Trinajstić information content (AvgIpc) is 3.47. The molecular formula is C60H97N3O17. The second kappa shape index (κ2) is 28.6. The van der Waals surface area contributed by atoms with Gasteiger partial charge in [0.05, 0.1) is 60.6 Å². The van der Waals surface area contributed by atoms with E-state index in [1.807, 2.05) is 76.4 Å². The fourth-order valence-electron chi connectivity index (χ4n) is 12.1. The van der Waals surface area contributed by atoms with Crippen LogP contribution in [0.25, 0.3) is 10.9 Å². The number of benzene rings is 1. The number of carbonyl (C=O) groups excluding carboxylic acids is 4. The lowest BCUT2D eigenvalue weighted by molar-refractivity contribution is -0.320. The molecular weight excluding hydrogens is 1030 g/mol. The molecule has 3 fully saturated rings. The number of Topliss-reactive ketones (excluding diaryl/α,β-unsaturated/α-hetero) is 1. The van der Waals surface area contributed by atoms with Crippen molar-refractivity contribution in [2.75, 3.05) is 48.0 Å². The fraction of sp³-hybridized carbons (Fsp3) is 0.783. The number of likely N-dealkylation sites (N-methyl/N-ethyl adjacent to an activating group) is 1. The van der Waals surface area contributed by atoms with Crippen LogP contribution in [-0.4, -0.2) is 181 Å². The van der Waals surface area contributed by atoms with Crippen molar-refractivity contribution >= 4 is 34.6 Å². The maximum atomic E-state index is 14.6. The predicted octanol–water partition coefficient (Wildman–Crippen LogP) is 5.75. The molecule has 4 heterocycles. The number of aliphatic hydroxyl groups excluding tert-OH is 2. The van der Waals surface area contributed by atoms with E-state index in [1.165, 1.54) is 21.1 Å². The van der Waals surface area contributed by atoms with Crippen molar-refractivity contribution in [1.82, 2.24) is 14.8 Å². The van der Waals surface area contributed by atoms with Gasteiger partial charge in [0.25, 0.3) is 0 Å². The van der Waals surface area contributed by atoms with Crippen molar-refractivity contribution in [3.63, 3.8) is 0 Å². The van der Waals surface area contributed by atoms with Crippen molar-refractivity contribution in [3.05, 3.63) is 45.7 Å². The molecule has 3 saturated heterocycles. The van der Waals surface area contributed by atoms with Gasteiger partial charge in [0.2, 0.25) is 5.43 Å². The molecule has 0 saturated carbocycles. The molecule has 0 aliphatic carbocycles. The summed E-state index contributed by atoms with van der Waals surface area (Å²) in [5.41, 5.74) is -3.19. The Kier molecular flexibility index (Phi) is 23.9. The van der Waals surface area contributed by atoms with Gasteiger partial charge in [-0.25, -0.2) is 4.79 Å². The number of nitrogens with zero attached hydrogens (tertiary/aromatic N) is 2. The largest absolute Gasteiger partial charge is 0.462 e. The van der Waals surface area contributed by atoms with E-state index in [-0.39, 0.29) is 67.1 Å². The number of aryl methyl sites for hydroxylation is 2. The second-order valence-electron chi connectivity index (χ2n) is 24.2. The molecule has 80 heavy (non-hydrogen) atoms. The van der Waals surface area contributed by atoms with E-state index in [0.29, 0.717) is 44.3 Å². The lowest BCUT2D eigenvalue weighted by Gasteiger charge is -2.50. The van der Waals surface area contributed by atoms with Crippen LogP contribution in [-0.2, 0) is 70.0 Å². The number of aromatic nitrogens is 1. The summed E-state index contributed by atoms with van der Waals surface area (Å²) in [5, 5.41) is 39.1. The van der Waals surface area contributed by atoms with E-state index in [4.69, 9.17) is 42.6 Å². The highest BCUT2D eigenvalue weighted by atomic mass is 16.7. The first-order chi connectivity index (χ1) is 37.5. The molecule has 0 bridgehead atoms. The Hall–Kier alpha value is -3.93. The fourth-order valence-corrected chi connectivity index (χ4v) is 12.1. The van der Waals surface area contributed by atoms with Crippen LogP contribution in [0.2, 0.25) is 0 Å². The number of carbonyl (C=O) groups is 4. The van der Waals surface area contributed by atoms with Gasteiger partial charge in [-0.15, -0.1) is 0 Å². The molecule has 1 aromatic heterocycles. The van der Waals surface area contributed by atoms with Crippen LogP contribution >= 0.6 is 0 Å². The number of ketones is 1. The Bertz CT molecular complexity index is 2450. The molecule has 2 aromatic rings. The van der Waals surface area contributed by atoms with E-state index in [0.717, 1.165) is 11.1 Å². The lowest BCUT2D eigenvalue weighted by atomic mass is 9.74. The zero-order chi connectivity index (χ0) is 59.8. The van der Waals surface area contributed by atoms with Crippen LogP contribution in [0.15, 0.2) is 29.2 Å². The van der Waals surface area contributed by atoms with E-state index < -0.39 is 114 Å². The Morgan fingerprint density at radius 1 is 0.900 bits per heavy atom. The smallest absolute Gasteiger partial charge is 0.343 e. The van der Waals surface area contributed by atoms with Crippen LogP contribution in [0.5, 0.6) is 0 Å². The number of esters is 3. The van der Waals surface area contributed by atoms with Gasteiger partial charge in [0.15, 0.2) is 18.7 Å². The Morgan fingerprint density at radius 3 is 2.17 bits per heavy atom. The number of aliphatic hydroxyl groups is 3. The molecule has 454 valence electrons. The van der Waals surface area contributed by atoms with Gasteiger partial charge in [-0.3, -0.25) is 19.2 Å². The van der Waals surface area contributed by atoms with E-state index in [1.54, 1.807) is 54.7 Å². The highest BCUT2D eigenvalue weighted by Gasteiger charge is 2.55. The van der Waals surface area contributed by atoms with Gasteiger partial charge in [-0.1, -0.05) is 47.6 Å². The first kappa shape index (κ1) is 66.9. The minimum absolute atomic E-state index is 0.0106. The summed E-state index contributed by atoms with van der Waals surface area (Å²) in [6, 6.07) is 5.38. The summed E-state index contributed by atoms with van der Waals surface area (Å²) in [5.74, 6) is -5.80. The van der Waals surface area contributed by atoms with Crippen LogP contribution in [0.1, 0.15) is 144 Å². The minimum atomic E-state index is -2.03. The topological polar surface area (TPSA) is 249 Å². The lowest BCUT2D eigenvalue weighted by Crippen LogP contribution is -2.61. The first-order valence-corrected chi connectivity index (χ1v) is 28.9. The van der Waals surface area contributed by atoms with Crippen molar-refractivity contribution in [3.8, 4) is 0 Å². The van der Waals surface area contributed by atoms with Crippen molar-refractivity contribution in [2.24, 2.45) is 29.6 Å². The zero-order valence-corrected chi connectivity index (χ0v) is 50.8. The van der Waals surface area contributed by atoms with Crippen molar-refractivity contribution in [1.29, 1.82) is 0 Å². The van der Waals surface area contributed by atoms with Gasteiger partial charge in [-0.05, 0) is 125 Å². The van der Waals surface area contributed by atoms with E-state index in [9.17, 15) is 39.3 Å². The van der Waals surface area contributed by atoms with Gasteiger partial charge in [0, 0.05) is 69.1 Å². The second-order valence-corrected chi connectivity index (χ2v) is 24.2. The van der Waals surface area contributed by atoms with Crippen LogP contribution in [0.4, 0.5) is 0 Å². The standard InChI is InChI=1S/C60H97N3O17/c1-18-45-60(13,71)52(68)36(7)48(65)34(5)29-58(11,72-16)53(80-57-50(67)44(62(14)15)27-35(6)75-57)37(8)51(38(9)55(69)77-45)79-47-30-59(12,73-17)54(39(10)76-47)78-46(64)24-26-61-25-20-21-40-22-23-43-41(28-40)49(66)42(31-63(43)19-2)56(70)74-32-33(3)4/h22-23,28,31,33-39,44-45,47,50-54,57,61,67-68,71H,18-21,24-27,29-30,32H2,1-17H3/t34-,35+,36-,37+,38+,39-,44-,45-,47-,50-,51-,52+,53+,54+,57-,58+,59-,60+/m0/s1. The van der Waals surface area contributed by atoms with Crippen LogP contribution in [0, 0.1) is 29.6 Å². The predicted molar refractivity (Wildman–Crippen MR) is 300 cm³/mol.